The van der Waals surface area contributed by atoms with Gasteiger partial charge in [0.25, 0.3) is 0 Å². The van der Waals surface area contributed by atoms with Crippen molar-refractivity contribution in [2.75, 3.05) is 17.7 Å². The molecule has 19 heavy (non-hydrogen) atoms. The summed E-state index contributed by atoms with van der Waals surface area (Å²) < 4.78 is 1.85. The van der Waals surface area contributed by atoms with E-state index in [0.29, 0.717) is 11.3 Å². The summed E-state index contributed by atoms with van der Waals surface area (Å²) in [6.45, 7) is 4.63. The number of nitrogen functional groups attached to an aromatic ring is 1. The van der Waals surface area contributed by atoms with Gasteiger partial charge in [0.15, 0.2) is 5.82 Å². The topological polar surface area (TPSA) is 70.9 Å². The van der Waals surface area contributed by atoms with Gasteiger partial charge in [0.1, 0.15) is 6.07 Å². The molecule has 0 aliphatic rings. The zero-order valence-electron chi connectivity index (χ0n) is 11.4. The number of aryl methyl sites for hydroxylation is 2. The van der Waals surface area contributed by atoms with Gasteiger partial charge >= 0.3 is 0 Å². The van der Waals surface area contributed by atoms with Gasteiger partial charge in [-0.2, -0.15) is 10.4 Å². The molecule has 1 aromatic carbocycles. The van der Waals surface area contributed by atoms with Gasteiger partial charge in [-0.05, 0) is 26.0 Å². The van der Waals surface area contributed by atoms with E-state index in [2.05, 4.69) is 11.2 Å². The minimum atomic E-state index is 0.617. The monoisotopic (exact) mass is 255 g/mol. The van der Waals surface area contributed by atoms with Crippen LogP contribution in [0.3, 0.4) is 0 Å². The van der Waals surface area contributed by atoms with Crippen LogP contribution in [0.25, 0.3) is 0 Å². The molecule has 0 atom stereocenters. The molecule has 2 rings (SSSR count). The SMILES string of the molecule is CCn1nc(C)c(N)c1N(C)c1ccccc1C#N. The summed E-state index contributed by atoms with van der Waals surface area (Å²) in [6.07, 6.45) is 0. The average molecular weight is 255 g/mol. The van der Waals surface area contributed by atoms with Gasteiger partial charge in [-0.3, -0.25) is 0 Å². The number of nitriles is 1. The largest absolute Gasteiger partial charge is 0.394 e. The predicted octanol–water partition coefficient (Wildman–Crippen LogP) is 2.43. The van der Waals surface area contributed by atoms with Crippen molar-refractivity contribution in [3.63, 3.8) is 0 Å². The molecule has 0 saturated heterocycles. The first kappa shape index (κ1) is 13.0. The first-order valence-electron chi connectivity index (χ1n) is 6.15. The smallest absolute Gasteiger partial charge is 0.154 e. The first-order chi connectivity index (χ1) is 9.10. The molecule has 0 aliphatic heterocycles. The van der Waals surface area contributed by atoms with Gasteiger partial charge in [0, 0.05) is 13.6 Å². The van der Waals surface area contributed by atoms with Crippen LogP contribution < -0.4 is 10.6 Å². The fourth-order valence-electron chi connectivity index (χ4n) is 2.13. The zero-order valence-corrected chi connectivity index (χ0v) is 11.4. The molecule has 1 aromatic heterocycles. The maximum Gasteiger partial charge on any atom is 0.154 e. The normalized spacial score (nSPS) is 10.2. The van der Waals surface area contributed by atoms with Crippen LogP contribution in [0.2, 0.25) is 0 Å². The van der Waals surface area contributed by atoms with Gasteiger partial charge < -0.3 is 10.6 Å². The van der Waals surface area contributed by atoms with E-state index in [4.69, 9.17) is 5.73 Å². The highest BCUT2D eigenvalue weighted by atomic mass is 15.4. The van der Waals surface area contributed by atoms with Crippen LogP contribution in [0.5, 0.6) is 0 Å². The summed E-state index contributed by atoms with van der Waals surface area (Å²) in [5.41, 5.74) is 9.00. The zero-order chi connectivity index (χ0) is 14.0. The Labute approximate surface area is 112 Å². The summed E-state index contributed by atoms with van der Waals surface area (Å²) >= 11 is 0. The second-order valence-electron chi connectivity index (χ2n) is 4.33. The quantitative estimate of drug-likeness (QED) is 0.914. The van der Waals surface area contributed by atoms with E-state index in [1.807, 2.05) is 48.7 Å². The molecule has 1 heterocycles. The van der Waals surface area contributed by atoms with Crippen LogP contribution in [0, 0.1) is 18.3 Å². The molecule has 0 spiro atoms. The summed E-state index contributed by atoms with van der Waals surface area (Å²) in [5, 5.41) is 13.6. The molecule has 0 saturated carbocycles. The molecule has 5 nitrogen and oxygen atoms in total. The van der Waals surface area contributed by atoms with Crippen molar-refractivity contribution in [3.8, 4) is 6.07 Å². The number of benzene rings is 1. The Morgan fingerprint density at radius 1 is 1.42 bits per heavy atom. The fraction of sp³-hybridized carbons (Fsp3) is 0.286. The van der Waals surface area contributed by atoms with Crippen molar-refractivity contribution in [1.82, 2.24) is 9.78 Å². The predicted molar refractivity (Wildman–Crippen MR) is 76.3 cm³/mol. The molecule has 2 aromatic rings. The summed E-state index contributed by atoms with van der Waals surface area (Å²) in [6, 6.07) is 9.65. The van der Waals surface area contributed by atoms with Gasteiger partial charge in [-0.25, -0.2) is 4.68 Å². The molecule has 98 valence electrons. The van der Waals surface area contributed by atoms with E-state index < -0.39 is 0 Å². The van der Waals surface area contributed by atoms with Crippen LogP contribution in [-0.2, 0) is 6.54 Å². The average Bonchev–Trinajstić information content (AvgIpc) is 2.73. The lowest BCUT2D eigenvalue weighted by Crippen LogP contribution is -2.17. The highest BCUT2D eigenvalue weighted by molar-refractivity contribution is 5.75. The molecule has 0 unspecified atom stereocenters. The van der Waals surface area contributed by atoms with Crippen LogP contribution in [0.1, 0.15) is 18.2 Å². The van der Waals surface area contributed by atoms with Crippen molar-refractivity contribution in [3.05, 3.63) is 35.5 Å². The number of nitrogens with two attached hydrogens (primary N) is 1. The van der Waals surface area contributed by atoms with Crippen molar-refractivity contribution in [2.24, 2.45) is 0 Å². The Balaban J connectivity index is 2.56. The molecule has 0 radical (unpaired) electrons. The fourth-order valence-corrected chi connectivity index (χ4v) is 2.13. The van der Waals surface area contributed by atoms with Crippen molar-refractivity contribution in [1.29, 1.82) is 5.26 Å². The summed E-state index contributed by atoms with van der Waals surface area (Å²) in [4.78, 5) is 1.91. The van der Waals surface area contributed by atoms with E-state index in [9.17, 15) is 5.26 Å². The Morgan fingerprint density at radius 3 is 2.74 bits per heavy atom. The van der Waals surface area contributed by atoms with Gasteiger partial charge in [-0.1, -0.05) is 12.1 Å². The molecular weight excluding hydrogens is 238 g/mol. The molecule has 2 N–H and O–H groups in total. The van der Waals surface area contributed by atoms with Crippen LogP contribution >= 0.6 is 0 Å². The van der Waals surface area contributed by atoms with E-state index in [0.717, 1.165) is 23.7 Å². The Morgan fingerprint density at radius 2 is 2.11 bits per heavy atom. The Hall–Kier alpha value is -2.48. The number of nitrogens with zero attached hydrogens (tertiary/aromatic N) is 4. The molecule has 0 amide bonds. The number of rotatable bonds is 3. The minimum Gasteiger partial charge on any atom is -0.394 e. The molecule has 0 bridgehead atoms. The number of hydrogen-bond donors (Lipinski definition) is 1. The third-order valence-corrected chi connectivity index (χ3v) is 3.15. The van der Waals surface area contributed by atoms with E-state index >= 15 is 0 Å². The summed E-state index contributed by atoms with van der Waals surface area (Å²) in [5.74, 6) is 0.822. The number of aromatic nitrogens is 2. The highest BCUT2D eigenvalue weighted by Gasteiger charge is 2.18. The van der Waals surface area contributed by atoms with Crippen molar-refractivity contribution in [2.45, 2.75) is 20.4 Å². The van der Waals surface area contributed by atoms with E-state index in [1.165, 1.54) is 0 Å². The lowest BCUT2D eigenvalue weighted by Gasteiger charge is -2.21. The van der Waals surface area contributed by atoms with E-state index in [1.54, 1.807) is 6.07 Å². The molecular formula is C14H17N5. The van der Waals surface area contributed by atoms with Gasteiger partial charge in [-0.15, -0.1) is 0 Å². The van der Waals surface area contributed by atoms with Crippen LogP contribution in [0.15, 0.2) is 24.3 Å². The summed E-state index contributed by atoms with van der Waals surface area (Å²) in [7, 11) is 1.90. The van der Waals surface area contributed by atoms with Crippen molar-refractivity contribution < 1.29 is 0 Å². The van der Waals surface area contributed by atoms with E-state index in [-0.39, 0.29) is 0 Å². The number of anilines is 3. The van der Waals surface area contributed by atoms with Crippen molar-refractivity contribution >= 4 is 17.2 Å². The number of para-hydroxylation sites is 1. The second kappa shape index (κ2) is 5.02. The van der Waals surface area contributed by atoms with Gasteiger partial charge in [0.2, 0.25) is 0 Å². The first-order valence-corrected chi connectivity index (χ1v) is 6.15. The standard InChI is InChI=1S/C14H17N5/c1-4-19-14(13(16)10(2)17-19)18(3)12-8-6-5-7-11(12)9-15/h5-8H,4,16H2,1-3H3. The third kappa shape index (κ3) is 2.13. The van der Waals surface area contributed by atoms with Gasteiger partial charge in [0.05, 0.1) is 22.6 Å². The third-order valence-electron chi connectivity index (χ3n) is 3.15. The molecule has 0 fully saturated rings. The van der Waals surface area contributed by atoms with Crippen LogP contribution in [-0.4, -0.2) is 16.8 Å². The lowest BCUT2D eigenvalue weighted by molar-refractivity contribution is 0.652. The number of hydrogen-bond acceptors (Lipinski definition) is 4. The minimum absolute atomic E-state index is 0.617. The Bertz CT molecular complexity index is 636. The second-order valence-corrected chi connectivity index (χ2v) is 4.33. The molecule has 0 aliphatic carbocycles. The Kier molecular flexibility index (Phi) is 3.43. The van der Waals surface area contributed by atoms with Crippen LogP contribution in [0.4, 0.5) is 17.2 Å². The maximum atomic E-state index is 9.18. The molecule has 5 heteroatoms. The lowest BCUT2D eigenvalue weighted by atomic mass is 10.2. The highest BCUT2D eigenvalue weighted by Crippen LogP contribution is 2.32. The maximum absolute atomic E-state index is 9.18.